The quantitative estimate of drug-likeness (QED) is 0.563. The van der Waals surface area contributed by atoms with Crippen molar-refractivity contribution in [3.8, 4) is 23.0 Å². The fourth-order valence-corrected chi connectivity index (χ4v) is 3.57. The maximum atomic E-state index is 12.7. The Morgan fingerprint density at radius 3 is 2.38 bits per heavy atom. The summed E-state index contributed by atoms with van der Waals surface area (Å²) in [6, 6.07) is 9.19. The number of halogens is 3. The van der Waals surface area contributed by atoms with Crippen molar-refractivity contribution in [3.05, 3.63) is 59.9 Å². The van der Waals surface area contributed by atoms with Crippen LogP contribution >= 0.6 is 0 Å². The van der Waals surface area contributed by atoms with Gasteiger partial charge in [0.2, 0.25) is 11.8 Å². The number of aromatic nitrogens is 3. The summed E-state index contributed by atoms with van der Waals surface area (Å²) in [5.41, 5.74) is 10.5. The Kier molecular flexibility index (Phi) is 6.05. The molecule has 9 nitrogen and oxygen atoms in total. The lowest BCUT2D eigenvalue weighted by Crippen LogP contribution is -2.41. The maximum Gasteiger partial charge on any atom is 0.417 e. The fourth-order valence-electron chi connectivity index (χ4n) is 3.57. The lowest BCUT2D eigenvalue weighted by molar-refractivity contribution is -0.137. The van der Waals surface area contributed by atoms with E-state index in [9.17, 15) is 22.8 Å². The van der Waals surface area contributed by atoms with Crippen LogP contribution in [0.5, 0.6) is 11.6 Å². The van der Waals surface area contributed by atoms with E-state index in [0.29, 0.717) is 36.3 Å². The molecule has 0 spiro atoms. The number of alkyl halides is 3. The number of anilines is 1. The van der Waals surface area contributed by atoms with Crippen LogP contribution in [-0.4, -0.2) is 39.4 Å². The fraction of sp³-hybridized carbons (Fsp3) is 0.227. The second kappa shape index (κ2) is 8.96. The van der Waals surface area contributed by atoms with Crippen LogP contribution in [-0.2, 0) is 11.0 Å². The molecule has 2 amide bonds. The van der Waals surface area contributed by atoms with Crippen LogP contribution in [0, 0.1) is 0 Å². The zero-order valence-corrected chi connectivity index (χ0v) is 17.6. The molecule has 4 N–H and O–H groups in total. The van der Waals surface area contributed by atoms with E-state index in [0.717, 1.165) is 18.6 Å². The van der Waals surface area contributed by atoms with Crippen LogP contribution in [0.3, 0.4) is 0 Å². The predicted molar refractivity (Wildman–Crippen MR) is 115 cm³/mol. The number of amides is 2. The molecule has 0 aliphatic carbocycles. The van der Waals surface area contributed by atoms with E-state index in [-0.39, 0.29) is 17.4 Å². The minimum atomic E-state index is -4.49. The van der Waals surface area contributed by atoms with Gasteiger partial charge >= 0.3 is 6.18 Å². The summed E-state index contributed by atoms with van der Waals surface area (Å²) in [6.45, 7) is 0.537. The molecule has 1 aromatic carbocycles. The zero-order valence-electron chi connectivity index (χ0n) is 17.6. The molecule has 1 saturated heterocycles. The van der Waals surface area contributed by atoms with Crippen LogP contribution < -0.4 is 21.1 Å². The van der Waals surface area contributed by atoms with Crippen LogP contribution in [0.25, 0.3) is 11.4 Å². The molecule has 0 bridgehead atoms. The van der Waals surface area contributed by atoms with Crippen molar-refractivity contribution in [2.45, 2.75) is 25.1 Å². The van der Waals surface area contributed by atoms with Gasteiger partial charge in [-0.2, -0.15) is 13.2 Å². The number of nitrogens with two attached hydrogens (primary N) is 2. The Morgan fingerprint density at radius 1 is 1.06 bits per heavy atom. The van der Waals surface area contributed by atoms with E-state index in [1.165, 1.54) is 6.07 Å². The van der Waals surface area contributed by atoms with Gasteiger partial charge in [0.05, 0.1) is 5.56 Å². The normalized spacial score (nSPS) is 15.9. The number of rotatable bonds is 6. The van der Waals surface area contributed by atoms with Gasteiger partial charge in [-0.3, -0.25) is 9.59 Å². The number of hydrogen-bond donors (Lipinski definition) is 2. The number of benzene rings is 1. The molecule has 1 unspecified atom stereocenters. The second-order valence-electron chi connectivity index (χ2n) is 7.56. The van der Waals surface area contributed by atoms with Crippen molar-refractivity contribution in [2.75, 3.05) is 11.4 Å². The smallest absolute Gasteiger partial charge is 0.417 e. The van der Waals surface area contributed by atoms with Crippen LogP contribution in [0.1, 0.15) is 28.9 Å². The first-order valence-corrected chi connectivity index (χ1v) is 10.2. The minimum absolute atomic E-state index is 0.0125. The minimum Gasteiger partial charge on any atom is -0.439 e. The molecule has 1 aliphatic heterocycles. The molecule has 2 aromatic heterocycles. The summed E-state index contributed by atoms with van der Waals surface area (Å²) in [5, 5.41) is 0. The molecule has 0 radical (unpaired) electrons. The van der Waals surface area contributed by atoms with Gasteiger partial charge in [0.15, 0.2) is 5.82 Å². The standard InChI is InChI=1S/C22H19F3N6O3/c23-22(24,25)13-5-8-18(28-11-13)34-14-6-3-12(4-7-14)21-29-15(19(26)32)10-17(30-21)31-9-1-2-16(31)20(27)33/h3-8,10-11,16H,1-2,9H2,(H2,26,32)(H2,27,33). The highest BCUT2D eigenvalue weighted by Gasteiger charge is 2.31. The molecular weight excluding hydrogens is 453 g/mol. The third-order valence-electron chi connectivity index (χ3n) is 5.24. The number of ether oxygens (including phenoxy) is 1. The lowest BCUT2D eigenvalue weighted by atomic mass is 10.2. The number of carbonyl (C=O) groups excluding carboxylic acids is 2. The van der Waals surface area contributed by atoms with E-state index < -0.39 is 29.6 Å². The maximum absolute atomic E-state index is 12.7. The Balaban J connectivity index is 1.59. The third kappa shape index (κ3) is 4.90. The van der Waals surface area contributed by atoms with Gasteiger partial charge in [-0.25, -0.2) is 15.0 Å². The summed E-state index contributed by atoms with van der Waals surface area (Å²) >= 11 is 0. The predicted octanol–water partition coefficient (Wildman–Crippen LogP) is 2.90. The number of primary amides is 2. The van der Waals surface area contributed by atoms with Crippen molar-refractivity contribution in [1.29, 1.82) is 0 Å². The van der Waals surface area contributed by atoms with Crippen molar-refractivity contribution < 1.29 is 27.5 Å². The molecule has 3 heterocycles. The first-order valence-electron chi connectivity index (χ1n) is 10.2. The highest BCUT2D eigenvalue weighted by molar-refractivity contribution is 5.92. The van der Waals surface area contributed by atoms with Crippen LogP contribution in [0.4, 0.5) is 19.0 Å². The topological polar surface area (TPSA) is 137 Å². The largest absolute Gasteiger partial charge is 0.439 e. The monoisotopic (exact) mass is 472 g/mol. The number of hydrogen-bond acceptors (Lipinski definition) is 7. The summed E-state index contributed by atoms with van der Waals surface area (Å²) in [5.74, 6) is -0.392. The molecule has 12 heteroatoms. The van der Waals surface area contributed by atoms with Crippen molar-refractivity contribution in [2.24, 2.45) is 11.5 Å². The molecule has 3 aromatic rings. The van der Waals surface area contributed by atoms with Gasteiger partial charge in [-0.05, 0) is 43.2 Å². The molecule has 1 aliphatic rings. The van der Waals surface area contributed by atoms with Crippen LogP contribution in [0.15, 0.2) is 48.7 Å². The van der Waals surface area contributed by atoms with E-state index in [1.54, 1.807) is 29.2 Å². The highest BCUT2D eigenvalue weighted by Crippen LogP contribution is 2.31. The van der Waals surface area contributed by atoms with Crippen molar-refractivity contribution in [1.82, 2.24) is 15.0 Å². The highest BCUT2D eigenvalue weighted by atomic mass is 19.4. The summed E-state index contributed by atoms with van der Waals surface area (Å²) in [6.07, 6.45) is -2.49. The van der Waals surface area contributed by atoms with Gasteiger partial charge in [-0.1, -0.05) is 0 Å². The molecule has 176 valence electrons. The molecule has 34 heavy (non-hydrogen) atoms. The van der Waals surface area contributed by atoms with E-state index in [1.807, 2.05) is 0 Å². The van der Waals surface area contributed by atoms with E-state index in [4.69, 9.17) is 16.2 Å². The molecule has 1 fully saturated rings. The first-order chi connectivity index (χ1) is 16.1. The average Bonchev–Trinajstić information content (AvgIpc) is 3.29. The Hall–Kier alpha value is -4.22. The van der Waals surface area contributed by atoms with Crippen molar-refractivity contribution >= 4 is 17.6 Å². The number of pyridine rings is 1. The second-order valence-corrected chi connectivity index (χ2v) is 7.56. The summed E-state index contributed by atoms with van der Waals surface area (Å²) < 4.78 is 43.5. The average molecular weight is 472 g/mol. The first kappa shape index (κ1) is 23.0. The molecule has 0 saturated carbocycles. The van der Waals surface area contributed by atoms with Gasteiger partial charge in [0.25, 0.3) is 5.91 Å². The van der Waals surface area contributed by atoms with Gasteiger partial charge < -0.3 is 21.1 Å². The number of carbonyl (C=O) groups is 2. The third-order valence-corrected chi connectivity index (χ3v) is 5.24. The van der Waals surface area contributed by atoms with Gasteiger partial charge in [-0.15, -0.1) is 0 Å². The zero-order chi connectivity index (χ0) is 24.5. The Bertz CT molecular complexity index is 1220. The Morgan fingerprint density at radius 2 is 1.79 bits per heavy atom. The van der Waals surface area contributed by atoms with Gasteiger partial charge in [0, 0.05) is 30.4 Å². The molecule has 1 atom stereocenters. The molecule has 4 rings (SSSR count). The Labute approximate surface area is 191 Å². The summed E-state index contributed by atoms with van der Waals surface area (Å²) in [4.78, 5) is 37.7. The lowest BCUT2D eigenvalue weighted by Gasteiger charge is -2.23. The van der Waals surface area contributed by atoms with E-state index in [2.05, 4.69) is 15.0 Å². The number of nitrogens with zero attached hydrogens (tertiary/aromatic N) is 4. The SMILES string of the molecule is NC(=O)c1cc(N2CCCC2C(N)=O)nc(-c2ccc(Oc3ccc(C(F)(F)F)cn3)cc2)n1. The van der Waals surface area contributed by atoms with Gasteiger partial charge in [0.1, 0.15) is 23.3 Å². The van der Waals surface area contributed by atoms with Crippen LogP contribution in [0.2, 0.25) is 0 Å². The van der Waals surface area contributed by atoms with Crippen molar-refractivity contribution in [3.63, 3.8) is 0 Å². The van der Waals surface area contributed by atoms with E-state index >= 15 is 0 Å². The molecular formula is C22H19F3N6O3. The summed E-state index contributed by atoms with van der Waals surface area (Å²) in [7, 11) is 0.